The molecule has 0 bridgehead atoms. The van der Waals surface area contributed by atoms with Gasteiger partial charge in [-0.05, 0) is 73.3 Å². The first-order valence-electron chi connectivity index (χ1n) is 12.2. The number of fused-ring (bicyclic) bond motifs is 1. The number of nitrogens with zero attached hydrogens (tertiary/aromatic N) is 3. The number of hydrogen-bond acceptors (Lipinski definition) is 3. The average molecular weight is 421 g/mol. The van der Waals surface area contributed by atoms with Crippen LogP contribution < -0.4 is 4.90 Å². The van der Waals surface area contributed by atoms with E-state index in [0.29, 0.717) is 12.5 Å². The Bertz CT molecular complexity index is 907. The molecule has 1 aliphatic carbocycles. The molecule has 4 heteroatoms. The Morgan fingerprint density at radius 1 is 1.13 bits per heavy atom. The normalized spacial score (nSPS) is 21.4. The quantitative estimate of drug-likeness (QED) is 0.394. The maximum atomic E-state index is 8.93. The van der Waals surface area contributed by atoms with E-state index in [9.17, 15) is 0 Å². The van der Waals surface area contributed by atoms with Crippen LogP contribution in [0.5, 0.6) is 0 Å². The largest absolute Gasteiger partial charge is 0.396 e. The molecule has 31 heavy (non-hydrogen) atoms. The van der Waals surface area contributed by atoms with Crippen molar-refractivity contribution in [1.29, 1.82) is 0 Å². The molecule has 0 amide bonds. The highest BCUT2D eigenvalue weighted by atomic mass is 16.2. The van der Waals surface area contributed by atoms with Crippen molar-refractivity contribution < 1.29 is 9.68 Å². The van der Waals surface area contributed by atoms with Crippen LogP contribution in [0, 0.1) is 5.92 Å². The molecule has 2 atom stereocenters. The number of unbranched alkanes of at least 4 members (excludes halogenated alkanes) is 2. The third-order valence-corrected chi connectivity index (χ3v) is 7.27. The highest BCUT2D eigenvalue weighted by Gasteiger charge is 2.22. The number of pyridine rings is 1. The third-order valence-electron chi connectivity index (χ3n) is 7.27. The number of anilines is 1. The number of benzene rings is 1. The fourth-order valence-corrected chi connectivity index (χ4v) is 5.02. The molecule has 1 aliphatic heterocycles. The SMILES string of the molecule is CC1CCCc2cc(-c3cccc(N4CC=[N+](CCCCCO)CC4)n3)ccc2C1C. The van der Waals surface area contributed by atoms with Crippen molar-refractivity contribution >= 4 is 12.0 Å². The molecule has 1 aromatic heterocycles. The Morgan fingerprint density at radius 3 is 2.84 bits per heavy atom. The predicted octanol–water partition coefficient (Wildman–Crippen LogP) is 4.89. The summed E-state index contributed by atoms with van der Waals surface area (Å²) in [6.45, 7) is 9.14. The van der Waals surface area contributed by atoms with E-state index >= 15 is 0 Å². The number of aliphatic hydroxyl groups is 1. The molecule has 2 heterocycles. The highest BCUT2D eigenvalue weighted by molar-refractivity contribution is 5.66. The van der Waals surface area contributed by atoms with Gasteiger partial charge in [0.2, 0.25) is 0 Å². The van der Waals surface area contributed by atoms with Gasteiger partial charge in [-0.25, -0.2) is 9.56 Å². The average Bonchev–Trinajstić information content (AvgIpc) is 2.95. The number of hydrogen-bond donors (Lipinski definition) is 1. The molecule has 1 aromatic carbocycles. The summed E-state index contributed by atoms with van der Waals surface area (Å²) in [6.07, 6.45) is 9.28. The van der Waals surface area contributed by atoms with E-state index in [0.717, 1.165) is 62.9 Å². The smallest absolute Gasteiger partial charge is 0.160 e. The van der Waals surface area contributed by atoms with Crippen LogP contribution in [-0.2, 0) is 6.42 Å². The predicted molar refractivity (Wildman–Crippen MR) is 129 cm³/mol. The summed E-state index contributed by atoms with van der Waals surface area (Å²) in [5.41, 5.74) is 5.38. The molecule has 4 rings (SSSR count). The second kappa shape index (κ2) is 10.4. The van der Waals surface area contributed by atoms with Gasteiger partial charge in [-0.1, -0.05) is 32.0 Å². The molecule has 0 spiro atoms. The van der Waals surface area contributed by atoms with E-state index in [1.807, 2.05) is 0 Å². The van der Waals surface area contributed by atoms with Crippen molar-refractivity contribution in [3.63, 3.8) is 0 Å². The Kier molecular flexibility index (Phi) is 7.39. The molecule has 2 aromatic rings. The van der Waals surface area contributed by atoms with Gasteiger partial charge in [-0.15, -0.1) is 0 Å². The lowest BCUT2D eigenvalue weighted by molar-refractivity contribution is -0.524. The maximum Gasteiger partial charge on any atom is 0.160 e. The molecule has 2 aliphatic rings. The minimum atomic E-state index is 0.307. The Labute approximate surface area is 187 Å². The molecule has 4 nitrogen and oxygen atoms in total. The Morgan fingerprint density at radius 2 is 2.03 bits per heavy atom. The van der Waals surface area contributed by atoms with Crippen LogP contribution in [0.2, 0.25) is 0 Å². The first kappa shape index (κ1) is 22.0. The molecule has 0 radical (unpaired) electrons. The van der Waals surface area contributed by atoms with Crippen molar-refractivity contribution in [1.82, 2.24) is 4.98 Å². The molecular weight excluding hydrogens is 382 g/mol. The zero-order valence-corrected chi connectivity index (χ0v) is 19.3. The third kappa shape index (κ3) is 5.35. The maximum absolute atomic E-state index is 8.93. The van der Waals surface area contributed by atoms with Crippen LogP contribution in [0.25, 0.3) is 11.3 Å². The first-order valence-corrected chi connectivity index (χ1v) is 12.2. The van der Waals surface area contributed by atoms with Crippen LogP contribution in [0.3, 0.4) is 0 Å². The summed E-state index contributed by atoms with van der Waals surface area (Å²) in [5, 5.41) is 8.93. The fraction of sp³-hybridized carbons (Fsp3) is 0.556. The van der Waals surface area contributed by atoms with E-state index in [1.165, 1.54) is 36.0 Å². The number of aryl methyl sites for hydroxylation is 1. The minimum Gasteiger partial charge on any atom is -0.396 e. The Balaban J connectivity index is 1.46. The summed E-state index contributed by atoms with van der Waals surface area (Å²) in [4.78, 5) is 7.42. The van der Waals surface area contributed by atoms with Gasteiger partial charge in [-0.2, -0.15) is 0 Å². The standard InChI is InChI=1S/C27H38N3O/c1-21-8-6-9-23-20-24(12-13-25(23)22(21)2)26-10-7-11-27(28-26)30-17-15-29(16-18-30)14-4-3-5-19-31/h7,10-13,15,20-22,31H,3-6,8-9,14,16-19H2,1-2H3/q+1. The molecular formula is C27H38N3O+. The van der Waals surface area contributed by atoms with Crippen LogP contribution >= 0.6 is 0 Å². The van der Waals surface area contributed by atoms with Gasteiger partial charge in [0.1, 0.15) is 12.4 Å². The monoisotopic (exact) mass is 420 g/mol. The van der Waals surface area contributed by atoms with Gasteiger partial charge in [0.05, 0.1) is 18.8 Å². The number of aromatic nitrogens is 1. The van der Waals surface area contributed by atoms with Crippen LogP contribution in [-0.4, -0.2) is 53.7 Å². The zero-order valence-electron chi connectivity index (χ0n) is 19.3. The molecule has 0 fully saturated rings. The van der Waals surface area contributed by atoms with E-state index < -0.39 is 0 Å². The summed E-state index contributed by atoms with van der Waals surface area (Å²) in [5.74, 6) is 2.48. The van der Waals surface area contributed by atoms with Crippen LogP contribution in [0.15, 0.2) is 36.4 Å². The number of aliphatic hydroxyl groups excluding tert-OH is 1. The molecule has 166 valence electrons. The van der Waals surface area contributed by atoms with Crippen LogP contribution in [0.4, 0.5) is 5.82 Å². The van der Waals surface area contributed by atoms with E-state index in [1.54, 1.807) is 0 Å². The van der Waals surface area contributed by atoms with Crippen molar-refractivity contribution in [2.75, 3.05) is 37.7 Å². The van der Waals surface area contributed by atoms with Crippen molar-refractivity contribution in [3.05, 3.63) is 47.5 Å². The summed E-state index contributed by atoms with van der Waals surface area (Å²) in [7, 11) is 0. The van der Waals surface area contributed by atoms with E-state index in [4.69, 9.17) is 10.1 Å². The molecule has 0 saturated heterocycles. The second-order valence-electron chi connectivity index (χ2n) is 9.40. The summed E-state index contributed by atoms with van der Waals surface area (Å²) in [6, 6.07) is 13.5. The van der Waals surface area contributed by atoms with E-state index in [2.05, 4.69) is 65.9 Å². The van der Waals surface area contributed by atoms with Gasteiger partial charge in [0.25, 0.3) is 0 Å². The van der Waals surface area contributed by atoms with Gasteiger partial charge in [0, 0.05) is 18.6 Å². The van der Waals surface area contributed by atoms with Crippen molar-refractivity contribution in [3.8, 4) is 11.3 Å². The fourth-order valence-electron chi connectivity index (χ4n) is 5.02. The lowest BCUT2D eigenvalue weighted by Gasteiger charge is -2.24. The molecule has 0 saturated carbocycles. The Hall–Kier alpha value is -2.20. The lowest BCUT2D eigenvalue weighted by Crippen LogP contribution is -2.40. The minimum absolute atomic E-state index is 0.307. The topological polar surface area (TPSA) is 39.4 Å². The van der Waals surface area contributed by atoms with Crippen molar-refractivity contribution in [2.24, 2.45) is 5.92 Å². The summed E-state index contributed by atoms with van der Waals surface area (Å²) >= 11 is 0. The highest BCUT2D eigenvalue weighted by Crippen LogP contribution is 2.36. The second-order valence-corrected chi connectivity index (χ2v) is 9.40. The summed E-state index contributed by atoms with van der Waals surface area (Å²) < 4.78 is 2.42. The van der Waals surface area contributed by atoms with Gasteiger partial charge >= 0.3 is 0 Å². The lowest BCUT2D eigenvalue weighted by atomic mass is 9.86. The molecule has 1 N–H and O–H groups in total. The number of rotatable bonds is 7. The van der Waals surface area contributed by atoms with Gasteiger partial charge in [0.15, 0.2) is 12.8 Å². The van der Waals surface area contributed by atoms with Gasteiger partial charge < -0.3 is 10.0 Å². The molecule has 2 unspecified atom stereocenters. The van der Waals surface area contributed by atoms with Gasteiger partial charge in [-0.3, -0.25) is 0 Å². The van der Waals surface area contributed by atoms with Crippen LogP contribution in [0.1, 0.15) is 63.0 Å². The first-order chi connectivity index (χ1) is 15.2. The van der Waals surface area contributed by atoms with E-state index in [-0.39, 0.29) is 0 Å². The van der Waals surface area contributed by atoms with Crippen molar-refractivity contribution in [2.45, 2.75) is 58.3 Å². The zero-order chi connectivity index (χ0) is 21.6.